The third-order valence-corrected chi connectivity index (χ3v) is 10.2. The molecule has 23 heavy (non-hydrogen) atoms. The Morgan fingerprint density at radius 2 is 1.35 bits per heavy atom. The molecule has 0 bridgehead atoms. The highest BCUT2D eigenvalue weighted by Gasteiger charge is 2.50. The lowest BCUT2D eigenvalue weighted by Gasteiger charge is -2.44. The smallest absolute Gasteiger partial charge is 0.261 e. The van der Waals surface area contributed by atoms with Crippen LogP contribution >= 0.6 is 11.8 Å². The van der Waals surface area contributed by atoms with Crippen LogP contribution in [-0.4, -0.2) is 26.4 Å². The fourth-order valence-electron chi connectivity index (χ4n) is 3.26. The molecular weight excluding hydrogens is 316 g/mol. The van der Waals surface area contributed by atoms with Gasteiger partial charge in [-0.3, -0.25) is 0 Å². The molecule has 1 nitrogen and oxygen atoms in total. The third-order valence-electron chi connectivity index (χ3n) is 4.20. The first-order valence-corrected chi connectivity index (χ1v) is 11.5. The van der Waals surface area contributed by atoms with Gasteiger partial charge in [0.2, 0.25) is 0 Å². The molecule has 124 valence electrons. The van der Waals surface area contributed by atoms with E-state index in [4.69, 9.17) is 4.43 Å². The number of rotatable bonds is 6. The summed E-state index contributed by atoms with van der Waals surface area (Å²) in [4.78, 5) is 0. The summed E-state index contributed by atoms with van der Waals surface area (Å²) in [7, 11) is -2.36. The topological polar surface area (TPSA) is 9.23 Å². The van der Waals surface area contributed by atoms with Gasteiger partial charge in [0.05, 0.1) is 6.10 Å². The summed E-state index contributed by atoms with van der Waals surface area (Å²) in [6.45, 7) is 9.18. The normalized spacial score (nSPS) is 13.8. The average molecular weight is 345 g/mol. The van der Waals surface area contributed by atoms with Crippen LogP contribution in [0.25, 0.3) is 0 Å². The SMILES string of the molecule is CSC[C@@H](C)O[Si](c1ccccc1)(c1ccccc1)C(C)(C)C. The minimum absolute atomic E-state index is 0.0579. The molecule has 2 aromatic rings. The molecule has 0 saturated heterocycles. The lowest BCUT2D eigenvalue weighted by molar-refractivity contribution is 0.230. The van der Waals surface area contributed by atoms with Crippen molar-refractivity contribution in [3.8, 4) is 0 Å². The molecule has 0 saturated carbocycles. The predicted molar refractivity (Wildman–Crippen MR) is 107 cm³/mol. The van der Waals surface area contributed by atoms with Crippen molar-refractivity contribution in [3.63, 3.8) is 0 Å². The van der Waals surface area contributed by atoms with Crippen molar-refractivity contribution in [3.05, 3.63) is 60.7 Å². The van der Waals surface area contributed by atoms with Crippen molar-refractivity contribution >= 4 is 30.5 Å². The van der Waals surface area contributed by atoms with Crippen LogP contribution < -0.4 is 10.4 Å². The fraction of sp³-hybridized carbons (Fsp3) is 0.400. The maximum absolute atomic E-state index is 6.93. The van der Waals surface area contributed by atoms with E-state index in [0.29, 0.717) is 0 Å². The largest absolute Gasteiger partial charge is 0.404 e. The second-order valence-electron chi connectivity index (χ2n) is 7.05. The van der Waals surface area contributed by atoms with Gasteiger partial charge in [-0.2, -0.15) is 11.8 Å². The van der Waals surface area contributed by atoms with Crippen LogP contribution in [0.15, 0.2) is 60.7 Å². The van der Waals surface area contributed by atoms with Gasteiger partial charge in [-0.1, -0.05) is 81.4 Å². The average Bonchev–Trinajstić information content (AvgIpc) is 2.53. The van der Waals surface area contributed by atoms with E-state index in [2.05, 4.69) is 94.6 Å². The van der Waals surface area contributed by atoms with E-state index in [1.165, 1.54) is 10.4 Å². The van der Waals surface area contributed by atoms with Crippen molar-refractivity contribution in [1.29, 1.82) is 0 Å². The van der Waals surface area contributed by atoms with Crippen LogP contribution in [0.4, 0.5) is 0 Å². The number of hydrogen-bond acceptors (Lipinski definition) is 2. The van der Waals surface area contributed by atoms with E-state index in [0.717, 1.165) is 5.75 Å². The highest BCUT2D eigenvalue weighted by Crippen LogP contribution is 2.37. The van der Waals surface area contributed by atoms with Gasteiger partial charge in [-0.25, -0.2) is 0 Å². The molecule has 0 heterocycles. The molecule has 0 spiro atoms. The molecule has 2 rings (SSSR count). The van der Waals surface area contributed by atoms with Crippen LogP contribution in [0.1, 0.15) is 27.7 Å². The van der Waals surface area contributed by atoms with E-state index in [-0.39, 0.29) is 11.1 Å². The number of thioether (sulfide) groups is 1. The van der Waals surface area contributed by atoms with Crippen molar-refractivity contribution < 1.29 is 4.43 Å². The monoisotopic (exact) mass is 344 g/mol. The molecule has 0 aromatic heterocycles. The second kappa shape index (κ2) is 7.69. The van der Waals surface area contributed by atoms with Gasteiger partial charge in [-0.05, 0) is 28.6 Å². The second-order valence-corrected chi connectivity index (χ2v) is 12.2. The van der Waals surface area contributed by atoms with Crippen molar-refractivity contribution in [1.82, 2.24) is 0 Å². The Morgan fingerprint density at radius 3 is 1.70 bits per heavy atom. The highest BCUT2D eigenvalue weighted by molar-refractivity contribution is 7.98. The molecule has 0 aliphatic carbocycles. The minimum Gasteiger partial charge on any atom is -0.404 e. The van der Waals surface area contributed by atoms with Crippen LogP contribution in [0.2, 0.25) is 5.04 Å². The van der Waals surface area contributed by atoms with E-state index in [1.54, 1.807) is 0 Å². The van der Waals surface area contributed by atoms with E-state index in [9.17, 15) is 0 Å². The zero-order valence-electron chi connectivity index (χ0n) is 14.9. The van der Waals surface area contributed by atoms with Crippen molar-refractivity contribution in [2.75, 3.05) is 12.0 Å². The van der Waals surface area contributed by atoms with E-state index < -0.39 is 8.32 Å². The van der Waals surface area contributed by atoms with Gasteiger partial charge in [0.1, 0.15) is 0 Å². The Balaban J connectivity index is 2.64. The molecule has 0 amide bonds. The summed E-state index contributed by atoms with van der Waals surface area (Å²) in [6, 6.07) is 21.7. The zero-order chi connectivity index (χ0) is 16.9. The molecule has 0 unspecified atom stereocenters. The predicted octanol–water partition coefficient (Wildman–Crippen LogP) is 4.31. The number of benzene rings is 2. The first-order chi connectivity index (χ1) is 10.9. The lowest BCUT2D eigenvalue weighted by atomic mass is 10.2. The first kappa shape index (κ1) is 18.3. The van der Waals surface area contributed by atoms with Gasteiger partial charge in [0.15, 0.2) is 0 Å². The first-order valence-electron chi connectivity index (χ1n) is 8.19. The number of hydrogen-bond donors (Lipinski definition) is 0. The molecule has 0 fully saturated rings. The molecule has 1 atom stereocenters. The molecule has 2 aromatic carbocycles. The highest BCUT2D eigenvalue weighted by atomic mass is 32.2. The Kier molecular flexibility index (Phi) is 6.12. The summed E-state index contributed by atoms with van der Waals surface area (Å²) in [5, 5.41) is 2.76. The van der Waals surface area contributed by atoms with Crippen LogP contribution in [-0.2, 0) is 4.43 Å². The van der Waals surface area contributed by atoms with Crippen LogP contribution in [0, 0.1) is 0 Å². The molecule has 0 aliphatic heterocycles. The summed E-state index contributed by atoms with van der Waals surface area (Å²) >= 11 is 1.85. The quantitative estimate of drug-likeness (QED) is 0.722. The molecular formula is C20H28OSSi. The van der Waals surface area contributed by atoms with Crippen molar-refractivity contribution in [2.24, 2.45) is 0 Å². The molecule has 0 aliphatic rings. The summed E-state index contributed by atoms with van der Waals surface area (Å²) < 4.78 is 6.93. The van der Waals surface area contributed by atoms with Crippen molar-refractivity contribution in [2.45, 2.75) is 38.8 Å². The van der Waals surface area contributed by atoms with Crippen LogP contribution in [0.3, 0.4) is 0 Å². The molecule has 3 heteroatoms. The summed E-state index contributed by atoms with van der Waals surface area (Å²) in [5.41, 5.74) is 0. The van der Waals surface area contributed by atoms with Gasteiger partial charge in [0.25, 0.3) is 8.32 Å². The summed E-state index contributed by atoms with van der Waals surface area (Å²) in [6.07, 6.45) is 2.38. The lowest BCUT2D eigenvalue weighted by Crippen LogP contribution is -2.67. The van der Waals surface area contributed by atoms with Gasteiger partial charge in [0, 0.05) is 5.75 Å². The third kappa shape index (κ3) is 3.90. The Morgan fingerprint density at radius 1 is 0.913 bits per heavy atom. The minimum atomic E-state index is -2.36. The van der Waals surface area contributed by atoms with E-state index >= 15 is 0 Å². The molecule has 0 radical (unpaired) electrons. The Bertz CT molecular complexity index is 553. The van der Waals surface area contributed by atoms with Gasteiger partial charge < -0.3 is 4.43 Å². The summed E-state index contributed by atoms with van der Waals surface area (Å²) in [5.74, 6) is 1.02. The Hall–Kier alpha value is -1.03. The maximum atomic E-state index is 6.93. The standard InChI is InChI=1S/C20H28OSSi/c1-17(16-22-5)21-23(20(2,3)4,18-12-8-6-9-13-18)19-14-10-7-11-15-19/h6-15,17H,16H2,1-5H3/t17-/m1/s1. The van der Waals surface area contributed by atoms with E-state index in [1.807, 2.05) is 11.8 Å². The maximum Gasteiger partial charge on any atom is 0.261 e. The van der Waals surface area contributed by atoms with Gasteiger partial charge >= 0.3 is 0 Å². The molecule has 0 N–H and O–H groups in total. The Labute approximate surface area is 146 Å². The van der Waals surface area contributed by atoms with Crippen LogP contribution in [0.5, 0.6) is 0 Å². The zero-order valence-corrected chi connectivity index (χ0v) is 16.7. The van der Waals surface area contributed by atoms with Gasteiger partial charge in [-0.15, -0.1) is 0 Å². The fourth-order valence-corrected chi connectivity index (χ4v) is 8.62.